The Bertz CT molecular complexity index is 729. The Labute approximate surface area is 143 Å². The first-order valence-electron chi connectivity index (χ1n) is 7.92. The molecule has 0 spiro atoms. The fourth-order valence-corrected chi connectivity index (χ4v) is 3.92. The number of benzene rings is 1. The minimum Gasteiger partial charge on any atom is -0.333 e. The second kappa shape index (κ2) is 6.94. The van der Waals surface area contributed by atoms with E-state index < -0.39 is 11.6 Å². The van der Waals surface area contributed by atoms with Crippen LogP contribution in [-0.2, 0) is 0 Å². The summed E-state index contributed by atoms with van der Waals surface area (Å²) in [5.41, 5.74) is 5.82. The van der Waals surface area contributed by atoms with Crippen LogP contribution in [-0.4, -0.2) is 34.9 Å². The molecule has 4 nitrogen and oxygen atoms in total. The van der Waals surface area contributed by atoms with Gasteiger partial charge in [-0.15, -0.1) is 11.3 Å². The highest BCUT2D eigenvalue weighted by Gasteiger charge is 2.31. The maximum absolute atomic E-state index is 13.9. The molecule has 0 aliphatic carbocycles. The molecule has 1 amide bonds. The first kappa shape index (κ1) is 17.0. The summed E-state index contributed by atoms with van der Waals surface area (Å²) in [6.07, 6.45) is 1.78. The lowest BCUT2D eigenvalue weighted by molar-refractivity contribution is 0.0568. The normalized spacial score (nSPS) is 21.1. The number of rotatable bonds is 3. The average molecular weight is 351 g/mol. The molecule has 1 aromatic heterocycles. The second-order valence-corrected chi connectivity index (χ2v) is 7.01. The molecule has 0 radical (unpaired) electrons. The number of aromatic nitrogens is 1. The highest BCUT2D eigenvalue weighted by molar-refractivity contribution is 7.13. The quantitative estimate of drug-likeness (QED) is 0.923. The minimum atomic E-state index is -0.685. The van der Waals surface area contributed by atoms with E-state index in [4.69, 9.17) is 5.73 Å². The van der Waals surface area contributed by atoms with Gasteiger partial charge in [-0.3, -0.25) is 4.79 Å². The Hall–Kier alpha value is -1.86. The van der Waals surface area contributed by atoms with Gasteiger partial charge in [-0.1, -0.05) is 13.0 Å². The lowest BCUT2D eigenvalue weighted by Crippen LogP contribution is -2.49. The smallest absolute Gasteiger partial charge is 0.273 e. The van der Waals surface area contributed by atoms with Crippen molar-refractivity contribution in [3.05, 3.63) is 40.9 Å². The first-order valence-corrected chi connectivity index (χ1v) is 8.80. The lowest BCUT2D eigenvalue weighted by atomic mass is 9.92. The fraction of sp³-hybridized carbons (Fsp3) is 0.412. The molecule has 2 aromatic rings. The van der Waals surface area contributed by atoms with Gasteiger partial charge in [0.1, 0.15) is 22.3 Å². The predicted octanol–water partition coefficient (Wildman–Crippen LogP) is 3.29. The highest BCUT2D eigenvalue weighted by atomic mass is 32.1. The molecule has 1 fully saturated rings. The number of likely N-dealkylation sites (tertiary alicyclic amines) is 1. The number of hydrogen-bond acceptors (Lipinski definition) is 4. The summed E-state index contributed by atoms with van der Waals surface area (Å²) < 4.78 is 27.8. The van der Waals surface area contributed by atoms with Crippen molar-refractivity contribution in [2.75, 3.05) is 13.1 Å². The molecule has 0 saturated carbocycles. The molecule has 2 N–H and O–H groups in total. The van der Waals surface area contributed by atoms with E-state index >= 15 is 0 Å². The van der Waals surface area contributed by atoms with E-state index in [0.29, 0.717) is 19.0 Å². The third-order valence-corrected chi connectivity index (χ3v) is 5.27. The summed E-state index contributed by atoms with van der Waals surface area (Å²) in [6.45, 7) is 3.17. The van der Waals surface area contributed by atoms with Crippen LogP contribution < -0.4 is 5.73 Å². The molecule has 1 aliphatic rings. The SMILES string of the molecule is CC1CCN(C(=O)c2csc(-c3c(F)cccc3F)n2)C(CN)C1. The van der Waals surface area contributed by atoms with Crippen LogP contribution in [0.25, 0.3) is 10.6 Å². The number of halogens is 2. The molecule has 2 unspecified atom stereocenters. The molecule has 24 heavy (non-hydrogen) atoms. The van der Waals surface area contributed by atoms with E-state index in [1.165, 1.54) is 18.2 Å². The molecule has 2 atom stereocenters. The zero-order valence-corrected chi connectivity index (χ0v) is 14.2. The average Bonchev–Trinajstić information content (AvgIpc) is 3.03. The number of piperidine rings is 1. The molecule has 1 aliphatic heterocycles. The number of hydrogen-bond donors (Lipinski definition) is 1. The first-order chi connectivity index (χ1) is 11.5. The molecule has 2 heterocycles. The molecule has 7 heteroatoms. The van der Waals surface area contributed by atoms with E-state index in [0.717, 1.165) is 24.2 Å². The van der Waals surface area contributed by atoms with Crippen LogP contribution in [0.2, 0.25) is 0 Å². The van der Waals surface area contributed by atoms with E-state index in [-0.39, 0.29) is 28.2 Å². The molecular weight excluding hydrogens is 332 g/mol. The topological polar surface area (TPSA) is 59.2 Å². The molecule has 1 saturated heterocycles. The highest BCUT2D eigenvalue weighted by Crippen LogP contribution is 2.30. The van der Waals surface area contributed by atoms with Gasteiger partial charge in [0, 0.05) is 24.5 Å². The Morgan fingerprint density at radius 1 is 1.42 bits per heavy atom. The van der Waals surface area contributed by atoms with Crippen molar-refractivity contribution >= 4 is 17.2 Å². The molecule has 0 bridgehead atoms. The lowest BCUT2D eigenvalue weighted by Gasteiger charge is -2.37. The van der Waals surface area contributed by atoms with Crippen molar-refractivity contribution in [1.82, 2.24) is 9.88 Å². The third-order valence-electron chi connectivity index (χ3n) is 4.41. The van der Waals surface area contributed by atoms with Gasteiger partial charge in [0.05, 0.1) is 5.56 Å². The number of carbonyl (C=O) groups is 1. The van der Waals surface area contributed by atoms with Crippen molar-refractivity contribution in [3.63, 3.8) is 0 Å². The van der Waals surface area contributed by atoms with Crippen LogP contribution in [0.4, 0.5) is 8.78 Å². The number of nitrogens with two attached hydrogens (primary N) is 1. The fourth-order valence-electron chi connectivity index (χ4n) is 3.08. The largest absolute Gasteiger partial charge is 0.333 e. The van der Waals surface area contributed by atoms with Crippen molar-refractivity contribution in [3.8, 4) is 10.6 Å². The summed E-state index contributed by atoms with van der Waals surface area (Å²) >= 11 is 1.06. The van der Waals surface area contributed by atoms with E-state index in [1.54, 1.807) is 10.3 Å². The zero-order chi connectivity index (χ0) is 17.3. The molecule has 128 valence electrons. The molecule has 1 aromatic carbocycles. The van der Waals surface area contributed by atoms with Crippen molar-refractivity contribution in [1.29, 1.82) is 0 Å². The standard InChI is InChI=1S/C17H19F2N3OS/c1-10-5-6-22(11(7-10)8-20)17(23)14-9-24-16(21-14)15-12(18)3-2-4-13(15)19/h2-4,9-11H,5-8,20H2,1H3. The third kappa shape index (κ3) is 3.18. The second-order valence-electron chi connectivity index (χ2n) is 6.15. The maximum Gasteiger partial charge on any atom is 0.273 e. The van der Waals surface area contributed by atoms with E-state index in [1.807, 2.05) is 0 Å². The summed E-state index contributed by atoms with van der Waals surface area (Å²) in [4.78, 5) is 18.6. The van der Waals surface area contributed by atoms with Gasteiger partial charge in [-0.2, -0.15) is 0 Å². The summed E-state index contributed by atoms with van der Waals surface area (Å²) in [5, 5.41) is 1.72. The van der Waals surface area contributed by atoms with Gasteiger partial charge >= 0.3 is 0 Å². The molecule has 3 rings (SSSR count). The van der Waals surface area contributed by atoms with Crippen LogP contribution in [0, 0.1) is 17.6 Å². The van der Waals surface area contributed by atoms with Gasteiger partial charge in [0.25, 0.3) is 5.91 Å². The van der Waals surface area contributed by atoms with Crippen molar-refractivity contribution in [2.45, 2.75) is 25.8 Å². The summed E-state index contributed by atoms with van der Waals surface area (Å²) in [7, 11) is 0. The molecular formula is C17H19F2N3OS. The van der Waals surface area contributed by atoms with E-state index in [2.05, 4.69) is 11.9 Å². The van der Waals surface area contributed by atoms with Gasteiger partial charge < -0.3 is 10.6 Å². The number of thiazole rings is 1. The zero-order valence-electron chi connectivity index (χ0n) is 13.3. The van der Waals surface area contributed by atoms with Crippen LogP contribution in [0.3, 0.4) is 0 Å². The van der Waals surface area contributed by atoms with Gasteiger partial charge in [0.15, 0.2) is 0 Å². The van der Waals surface area contributed by atoms with Crippen LogP contribution in [0.15, 0.2) is 23.6 Å². The summed E-state index contributed by atoms with van der Waals surface area (Å²) in [6, 6.07) is 3.64. The van der Waals surface area contributed by atoms with Crippen molar-refractivity contribution < 1.29 is 13.6 Å². The number of carbonyl (C=O) groups excluding carboxylic acids is 1. The Balaban J connectivity index is 1.86. The number of nitrogens with zero attached hydrogens (tertiary/aromatic N) is 2. The predicted molar refractivity (Wildman–Crippen MR) is 89.7 cm³/mol. The van der Waals surface area contributed by atoms with Gasteiger partial charge in [-0.25, -0.2) is 13.8 Å². The Morgan fingerprint density at radius 2 is 2.12 bits per heavy atom. The maximum atomic E-state index is 13.9. The minimum absolute atomic E-state index is 0.0170. The van der Waals surface area contributed by atoms with Gasteiger partial charge in [-0.05, 0) is 30.9 Å². The Morgan fingerprint density at radius 3 is 2.79 bits per heavy atom. The Kier molecular flexibility index (Phi) is 4.91. The van der Waals surface area contributed by atoms with Crippen LogP contribution in [0.1, 0.15) is 30.3 Å². The monoisotopic (exact) mass is 351 g/mol. The van der Waals surface area contributed by atoms with Crippen LogP contribution >= 0.6 is 11.3 Å². The van der Waals surface area contributed by atoms with Crippen molar-refractivity contribution in [2.24, 2.45) is 11.7 Å². The number of amides is 1. The van der Waals surface area contributed by atoms with Gasteiger partial charge in [0.2, 0.25) is 0 Å². The van der Waals surface area contributed by atoms with E-state index in [9.17, 15) is 13.6 Å². The summed E-state index contributed by atoms with van der Waals surface area (Å²) in [5.74, 6) is -1.07. The van der Waals surface area contributed by atoms with Crippen LogP contribution in [0.5, 0.6) is 0 Å².